The SMILES string of the molecule is CC(C)Cc1ccc([C@H](C)C(=O)NC2CCCCC2)cc1. The fourth-order valence-electron chi connectivity index (χ4n) is 3.14. The third kappa shape index (κ3) is 4.87. The highest BCUT2D eigenvalue weighted by molar-refractivity contribution is 5.83. The smallest absolute Gasteiger partial charge is 0.227 e. The Kier molecular flexibility index (Phi) is 5.84. The Balaban J connectivity index is 1.91. The summed E-state index contributed by atoms with van der Waals surface area (Å²) in [6.45, 7) is 6.47. The van der Waals surface area contributed by atoms with Crippen LogP contribution in [-0.4, -0.2) is 11.9 Å². The minimum Gasteiger partial charge on any atom is -0.353 e. The maximum atomic E-state index is 12.4. The maximum Gasteiger partial charge on any atom is 0.227 e. The standard InChI is InChI=1S/C19H29NO/c1-14(2)13-16-9-11-17(12-10-16)15(3)19(21)20-18-7-5-4-6-8-18/h9-12,14-15,18H,4-8,13H2,1-3H3,(H,20,21)/t15-/m0/s1. The Hall–Kier alpha value is -1.31. The lowest BCUT2D eigenvalue weighted by molar-refractivity contribution is -0.123. The summed E-state index contributed by atoms with van der Waals surface area (Å²) in [5.74, 6) is 0.793. The number of amides is 1. The van der Waals surface area contributed by atoms with Gasteiger partial charge in [-0.15, -0.1) is 0 Å². The fraction of sp³-hybridized carbons (Fsp3) is 0.632. The zero-order valence-corrected chi connectivity index (χ0v) is 13.7. The van der Waals surface area contributed by atoms with E-state index in [0.717, 1.165) is 24.8 Å². The predicted molar refractivity (Wildman–Crippen MR) is 88.4 cm³/mol. The van der Waals surface area contributed by atoms with E-state index >= 15 is 0 Å². The predicted octanol–water partition coefficient (Wildman–Crippen LogP) is 4.44. The summed E-state index contributed by atoms with van der Waals surface area (Å²) in [4.78, 5) is 12.4. The van der Waals surface area contributed by atoms with Crippen molar-refractivity contribution in [1.82, 2.24) is 5.32 Å². The molecule has 0 aliphatic heterocycles. The molecule has 2 rings (SSSR count). The molecule has 0 heterocycles. The largest absolute Gasteiger partial charge is 0.353 e. The van der Waals surface area contributed by atoms with Crippen molar-refractivity contribution in [2.75, 3.05) is 0 Å². The Bertz CT molecular complexity index is 443. The van der Waals surface area contributed by atoms with Crippen molar-refractivity contribution in [3.8, 4) is 0 Å². The normalized spacial score (nSPS) is 17.7. The van der Waals surface area contributed by atoms with Gasteiger partial charge in [0, 0.05) is 6.04 Å². The average Bonchev–Trinajstić information content (AvgIpc) is 2.47. The molecule has 1 aliphatic rings. The average molecular weight is 287 g/mol. The number of benzene rings is 1. The molecule has 0 saturated heterocycles. The van der Waals surface area contributed by atoms with Crippen molar-refractivity contribution in [2.45, 2.75) is 71.3 Å². The molecule has 2 heteroatoms. The van der Waals surface area contributed by atoms with Crippen LogP contribution in [0.15, 0.2) is 24.3 Å². The van der Waals surface area contributed by atoms with Gasteiger partial charge in [0.2, 0.25) is 5.91 Å². The van der Waals surface area contributed by atoms with E-state index < -0.39 is 0 Å². The van der Waals surface area contributed by atoms with Gasteiger partial charge in [0.25, 0.3) is 0 Å². The van der Waals surface area contributed by atoms with E-state index in [1.807, 2.05) is 6.92 Å². The van der Waals surface area contributed by atoms with E-state index in [4.69, 9.17) is 0 Å². The first kappa shape index (κ1) is 16.1. The van der Waals surface area contributed by atoms with Gasteiger partial charge in [-0.3, -0.25) is 4.79 Å². The van der Waals surface area contributed by atoms with E-state index in [1.54, 1.807) is 0 Å². The summed E-state index contributed by atoms with van der Waals surface area (Å²) in [6.07, 6.45) is 7.21. The summed E-state index contributed by atoms with van der Waals surface area (Å²) >= 11 is 0. The van der Waals surface area contributed by atoms with Gasteiger partial charge in [-0.25, -0.2) is 0 Å². The number of nitrogens with one attached hydrogen (secondary N) is 1. The molecule has 116 valence electrons. The van der Waals surface area contributed by atoms with Crippen LogP contribution in [0.25, 0.3) is 0 Å². The van der Waals surface area contributed by atoms with Gasteiger partial charge in [0.15, 0.2) is 0 Å². The highest BCUT2D eigenvalue weighted by atomic mass is 16.1. The zero-order valence-electron chi connectivity index (χ0n) is 13.7. The molecule has 1 aliphatic carbocycles. The summed E-state index contributed by atoms with van der Waals surface area (Å²) in [5.41, 5.74) is 2.48. The van der Waals surface area contributed by atoms with E-state index in [-0.39, 0.29) is 11.8 Å². The van der Waals surface area contributed by atoms with Gasteiger partial charge in [-0.05, 0) is 43.2 Å². The Morgan fingerprint density at radius 2 is 1.71 bits per heavy atom. The third-order valence-electron chi connectivity index (χ3n) is 4.47. The van der Waals surface area contributed by atoms with Crippen molar-refractivity contribution in [1.29, 1.82) is 0 Å². The van der Waals surface area contributed by atoms with Crippen LogP contribution in [-0.2, 0) is 11.2 Å². The van der Waals surface area contributed by atoms with Gasteiger partial charge in [-0.2, -0.15) is 0 Å². The molecule has 1 N–H and O–H groups in total. The minimum absolute atomic E-state index is 0.0555. The molecule has 0 aromatic heterocycles. The molecular weight excluding hydrogens is 258 g/mol. The maximum absolute atomic E-state index is 12.4. The van der Waals surface area contributed by atoms with Crippen LogP contribution in [0.1, 0.15) is 69.9 Å². The van der Waals surface area contributed by atoms with Crippen LogP contribution in [0, 0.1) is 5.92 Å². The molecular formula is C19H29NO. The lowest BCUT2D eigenvalue weighted by atomic mass is 9.93. The highest BCUT2D eigenvalue weighted by Gasteiger charge is 2.20. The van der Waals surface area contributed by atoms with Crippen LogP contribution in [0.4, 0.5) is 0 Å². The molecule has 21 heavy (non-hydrogen) atoms. The molecule has 1 aromatic rings. The van der Waals surface area contributed by atoms with E-state index in [1.165, 1.54) is 24.8 Å². The van der Waals surface area contributed by atoms with Crippen LogP contribution in [0.2, 0.25) is 0 Å². The molecule has 1 fully saturated rings. The quantitative estimate of drug-likeness (QED) is 0.852. The molecule has 0 radical (unpaired) electrons. The van der Waals surface area contributed by atoms with Crippen molar-refractivity contribution in [3.05, 3.63) is 35.4 Å². The molecule has 0 unspecified atom stereocenters. The highest BCUT2D eigenvalue weighted by Crippen LogP contribution is 2.21. The van der Waals surface area contributed by atoms with Gasteiger partial charge in [-0.1, -0.05) is 57.4 Å². The van der Waals surface area contributed by atoms with Gasteiger partial charge >= 0.3 is 0 Å². The van der Waals surface area contributed by atoms with E-state index in [0.29, 0.717) is 12.0 Å². The molecule has 2 nitrogen and oxygen atoms in total. The second kappa shape index (κ2) is 7.63. The van der Waals surface area contributed by atoms with Gasteiger partial charge in [0.05, 0.1) is 5.92 Å². The number of rotatable bonds is 5. The lowest BCUT2D eigenvalue weighted by Gasteiger charge is -2.24. The molecule has 1 aromatic carbocycles. The van der Waals surface area contributed by atoms with Crippen LogP contribution < -0.4 is 5.32 Å². The third-order valence-corrected chi connectivity index (χ3v) is 4.47. The summed E-state index contributed by atoms with van der Waals surface area (Å²) < 4.78 is 0. The second-order valence-electron chi connectivity index (χ2n) is 6.90. The molecule has 1 saturated carbocycles. The van der Waals surface area contributed by atoms with Crippen molar-refractivity contribution in [3.63, 3.8) is 0 Å². The van der Waals surface area contributed by atoms with Gasteiger partial charge in [0.1, 0.15) is 0 Å². The lowest BCUT2D eigenvalue weighted by Crippen LogP contribution is -2.38. The van der Waals surface area contributed by atoms with Crippen molar-refractivity contribution < 1.29 is 4.79 Å². The van der Waals surface area contributed by atoms with Crippen LogP contribution in [0.5, 0.6) is 0 Å². The number of carbonyl (C=O) groups excluding carboxylic acids is 1. The van der Waals surface area contributed by atoms with Crippen LogP contribution >= 0.6 is 0 Å². The second-order valence-corrected chi connectivity index (χ2v) is 6.90. The fourth-order valence-corrected chi connectivity index (χ4v) is 3.14. The molecule has 0 bridgehead atoms. The van der Waals surface area contributed by atoms with Crippen molar-refractivity contribution >= 4 is 5.91 Å². The van der Waals surface area contributed by atoms with E-state index in [2.05, 4.69) is 43.4 Å². The topological polar surface area (TPSA) is 29.1 Å². The number of carbonyl (C=O) groups is 1. The first-order chi connectivity index (χ1) is 10.1. The van der Waals surface area contributed by atoms with E-state index in [9.17, 15) is 4.79 Å². The number of hydrogen-bond donors (Lipinski definition) is 1. The van der Waals surface area contributed by atoms with Gasteiger partial charge < -0.3 is 5.32 Å². The minimum atomic E-state index is -0.0555. The molecule has 0 spiro atoms. The summed E-state index contributed by atoms with van der Waals surface area (Å²) in [5, 5.41) is 3.22. The first-order valence-electron chi connectivity index (χ1n) is 8.45. The molecule has 1 amide bonds. The summed E-state index contributed by atoms with van der Waals surface area (Å²) in [7, 11) is 0. The zero-order chi connectivity index (χ0) is 15.2. The Morgan fingerprint density at radius 3 is 2.29 bits per heavy atom. The number of hydrogen-bond acceptors (Lipinski definition) is 1. The first-order valence-corrected chi connectivity index (χ1v) is 8.45. The Morgan fingerprint density at radius 1 is 1.10 bits per heavy atom. The summed E-state index contributed by atoms with van der Waals surface area (Å²) in [6, 6.07) is 8.96. The Labute approximate surface area is 129 Å². The molecule has 1 atom stereocenters. The van der Waals surface area contributed by atoms with Crippen LogP contribution in [0.3, 0.4) is 0 Å². The van der Waals surface area contributed by atoms with Crippen molar-refractivity contribution in [2.24, 2.45) is 5.92 Å². The monoisotopic (exact) mass is 287 g/mol.